The number of rotatable bonds is 21. The van der Waals surface area contributed by atoms with Gasteiger partial charge in [0.1, 0.15) is 24.6 Å². The minimum absolute atomic E-state index is 0.741. The fraction of sp³-hybridized carbons (Fsp3) is 0.320. The Labute approximate surface area is 323 Å². The minimum Gasteiger partial charge on any atom is -0.493 e. The molecule has 0 unspecified atom stereocenters. The number of ether oxygens (including phenoxy) is 2. The van der Waals surface area contributed by atoms with E-state index in [1.54, 1.807) is 0 Å². The summed E-state index contributed by atoms with van der Waals surface area (Å²) in [6.45, 7) is 7.93. The highest BCUT2D eigenvalue weighted by Gasteiger charge is 2.16. The van der Waals surface area contributed by atoms with E-state index in [2.05, 4.69) is 169 Å². The van der Waals surface area contributed by atoms with Crippen LogP contribution in [-0.2, 0) is 13.1 Å². The highest BCUT2D eigenvalue weighted by atomic mass is 16.5. The number of aromatic nitrogens is 2. The molecule has 6 aromatic rings. The number of hydrogen-bond acceptors (Lipinski definition) is 2. The summed E-state index contributed by atoms with van der Waals surface area (Å²) in [5.41, 5.74) is 7.22. The lowest BCUT2D eigenvalue weighted by atomic mass is 10.0. The zero-order chi connectivity index (χ0) is 37.2. The first-order valence-corrected chi connectivity index (χ1v) is 20.4. The third kappa shape index (κ3) is 10.7. The second-order valence-corrected chi connectivity index (χ2v) is 14.2. The number of hydrogen-bond donors (Lipinski definition) is 0. The van der Waals surface area contributed by atoms with Crippen molar-refractivity contribution in [3.05, 3.63) is 144 Å². The Morgan fingerprint density at radius 1 is 0.426 bits per heavy atom. The standard InChI is InChI=1S/C50H58N2O2/c1-3-5-39-53-49-33-31-47-43(45(49)29-27-41-21-13-11-14-22-41)25-19-37-51(47)35-17-9-7-8-10-18-36-52-38-20-26-44-46(30-28-42-23-15-12-16-24-42)50(34-32-48(44)52)54-40-6-4-2/h11-16,19-34,37-38H,3-10,17-18,35-36,39-40H2,1-2H3/q+2/b29-27+,30-28+. The van der Waals surface area contributed by atoms with Crippen molar-refractivity contribution in [2.24, 2.45) is 0 Å². The maximum absolute atomic E-state index is 6.29. The predicted molar refractivity (Wildman–Crippen MR) is 228 cm³/mol. The summed E-state index contributed by atoms with van der Waals surface area (Å²) in [7, 11) is 0. The van der Waals surface area contributed by atoms with Crippen LogP contribution in [0.1, 0.15) is 100 Å². The van der Waals surface area contributed by atoms with Crippen molar-refractivity contribution >= 4 is 46.1 Å². The number of benzene rings is 4. The monoisotopic (exact) mass is 718 g/mol. The smallest absolute Gasteiger partial charge is 0.213 e. The zero-order valence-electron chi connectivity index (χ0n) is 32.5. The summed E-state index contributed by atoms with van der Waals surface area (Å²) in [5.74, 6) is 1.92. The highest BCUT2D eigenvalue weighted by molar-refractivity contribution is 5.93. The molecule has 2 aromatic heterocycles. The third-order valence-electron chi connectivity index (χ3n) is 10.2. The van der Waals surface area contributed by atoms with E-state index in [-0.39, 0.29) is 0 Å². The molecular weight excluding hydrogens is 661 g/mol. The van der Waals surface area contributed by atoms with E-state index in [0.717, 1.165) is 74.6 Å². The SMILES string of the molecule is CCCCOc1ccc2c(ccc[n+]2CCCCCCCC[n+]2cccc3c(/C=C/c4ccccc4)c(OCCCC)ccc32)c1/C=C/c1ccccc1. The summed E-state index contributed by atoms with van der Waals surface area (Å²) in [4.78, 5) is 0. The van der Waals surface area contributed by atoms with Crippen LogP contribution in [0.15, 0.2) is 122 Å². The van der Waals surface area contributed by atoms with Crippen LogP contribution in [0.5, 0.6) is 11.5 Å². The second-order valence-electron chi connectivity index (χ2n) is 14.2. The molecule has 0 fully saturated rings. The van der Waals surface area contributed by atoms with Gasteiger partial charge in [0, 0.05) is 48.2 Å². The lowest BCUT2D eigenvalue weighted by Gasteiger charge is -2.12. The average Bonchev–Trinajstić information content (AvgIpc) is 3.21. The van der Waals surface area contributed by atoms with Gasteiger partial charge in [-0.25, -0.2) is 0 Å². The molecule has 4 aromatic carbocycles. The lowest BCUT2D eigenvalue weighted by Crippen LogP contribution is -2.34. The lowest BCUT2D eigenvalue weighted by molar-refractivity contribution is -0.672. The molecule has 0 bridgehead atoms. The first kappa shape index (κ1) is 38.5. The van der Waals surface area contributed by atoms with Crippen molar-refractivity contribution in [3.8, 4) is 11.5 Å². The molecule has 0 radical (unpaired) electrons. The van der Waals surface area contributed by atoms with Crippen molar-refractivity contribution in [1.82, 2.24) is 0 Å². The van der Waals surface area contributed by atoms with E-state index >= 15 is 0 Å². The molecule has 0 aliphatic rings. The highest BCUT2D eigenvalue weighted by Crippen LogP contribution is 2.30. The van der Waals surface area contributed by atoms with Gasteiger partial charge in [-0.05, 0) is 73.2 Å². The molecule has 0 saturated heterocycles. The molecular formula is C50H58N2O2+2. The Morgan fingerprint density at radius 2 is 0.852 bits per heavy atom. The van der Waals surface area contributed by atoms with Gasteiger partial charge in [-0.3, -0.25) is 0 Å². The van der Waals surface area contributed by atoms with Gasteiger partial charge < -0.3 is 9.47 Å². The predicted octanol–water partition coefficient (Wildman–Crippen LogP) is 12.3. The Morgan fingerprint density at radius 3 is 1.28 bits per heavy atom. The van der Waals surface area contributed by atoms with Crippen LogP contribution >= 0.6 is 0 Å². The largest absolute Gasteiger partial charge is 0.493 e. The van der Waals surface area contributed by atoms with Crippen LogP contribution in [0.4, 0.5) is 0 Å². The molecule has 0 aliphatic heterocycles. The maximum Gasteiger partial charge on any atom is 0.213 e. The van der Waals surface area contributed by atoms with Crippen molar-refractivity contribution < 1.29 is 18.6 Å². The molecule has 0 amide bonds. The normalized spacial score (nSPS) is 11.7. The van der Waals surface area contributed by atoms with Gasteiger partial charge in [-0.2, -0.15) is 9.13 Å². The first-order chi connectivity index (χ1) is 26.7. The molecule has 0 spiro atoms. The van der Waals surface area contributed by atoms with E-state index in [1.807, 2.05) is 0 Å². The van der Waals surface area contributed by atoms with Crippen LogP contribution in [0, 0.1) is 0 Å². The molecule has 4 nitrogen and oxygen atoms in total. The average molecular weight is 719 g/mol. The summed E-state index contributed by atoms with van der Waals surface area (Å²) >= 11 is 0. The van der Waals surface area contributed by atoms with E-state index in [1.165, 1.54) is 71.5 Å². The summed E-state index contributed by atoms with van der Waals surface area (Å²) in [5, 5.41) is 2.48. The number of unbranched alkanes of at least 4 members (excludes halogenated alkanes) is 7. The molecule has 0 N–H and O–H groups in total. The minimum atomic E-state index is 0.741. The van der Waals surface area contributed by atoms with Gasteiger partial charge in [0.15, 0.2) is 12.4 Å². The fourth-order valence-electron chi connectivity index (χ4n) is 7.11. The quantitative estimate of drug-likeness (QED) is 0.0421. The molecule has 278 valence electrons. The van der Waals surface area contributed by atoms with Crippen molar-refractivity contribution in [1.29, 1.82) is 0 Å². The van der Waals surface area contributed by atoms with E-state index in [0.29, 0.717) is 0 Å². The van der Waals surface area contributed by atoms with Crippen LogP contribution in [0.25, 0.3) is 46.1 Å². The fourth-order valence-corrected chi connectivity index (χ4v) is 7.11. The first-order valence-electron chi connectivity index (χ1n) is 20.4. The Bertz CT molecular complexity index is 1950. The summed E-state index contributed by atoms with van der Waals surface area (Å²) < 4.78 is 17.4. The van der Waals surface area contributed by atoms with E-state index in [4.69, 9.17) is 9.47 Å². The molecule has 0 saturated carbocycles. The number of fused-ring (bicyclic) bond motifs is 2. The van der Waals surface area contributed by atoms with Gasteiger partial charge in [-0.1, -0.05) is 112 Å². The maximum atomic E-state index is 6.29. The van der Waals surface area contributed by atoms with Gasteiger partial charge in [-0.15, -0.1) is 0 Å². The number of nitrogens with zero attached hydrogens (tertiary/aromatic N) is 2. The Kier molecular flexibility index (Phi) is 14.9. The Hall–Kier alpha value is -5.22. The van der Waals surface area contributed by atoms with Crippen LogP contribution in [0.2, 0.25) is 0 Å². The van der Waals surface area contributed by atoms with Crippen LogP contribution in [-0.4, -0.2) is 13.2 Å². The molecule has 0 atom stereocenters. The van der Waals surface area contributed by atoms with Gasteiger partial charge in [0.05, 0.1) is 24.0 Å². The van der Waals surface area contributed by atoms with E-state index < -0.39 is 0 Å². The summed E-state index contributed by atoms with van der Waals surface area (Å²) in [6, 6.07) is 38.7. The van der Waals surface area contributed by atoms with Gasteiger partial charge in [0.25, 0.3) is 0 Å². The third-order valence-corrected chi connectivity index (χ3v) is 10.2. The number of pyridine rings is 2. The number of aryl methyl sites for hydroxylation is 2. The van der Waals surface area contributed by atoms with Crippen molar-refractivity contribution in [2.45, 2.75) is 91.1 Å². The van der Waals surface area contributed by atoms with Gasteiger partial charge in [0.2, 0.25) is 11.0 Å². The second kappa shape index (κ2) is 20.9. The topological polar surface area (TPSA) is 26.2 Å². The molecule has 4 heteroatoms. The van der Waals surface area contributed by atoms with E-state index in [9.17, 15) is 0 Å². The molecule has 54 heavy (non-hydrogen) atoms. The van der Waals surface area contributed by atoms with Crippen molar-refractivity contribution in [3.63, 3.8) is 0 Å². The van der Waals surface area contributed by atoms with Crippen LogP contribution in [0.3, 0.4) is 0 Å². The zero-order valence-corrected chi connectivity index (χ0v) is 32.5. The molecule has 2 heterocycles. The Balaban J connectivity index is 1.04. The van der Waals surface area contributed by atoms with Crippen molar-refractivity contribution in [2.75, 3.05) is 13.2 Å². The van der Waals surface area contributed by atoms with Crippen LogP contribution < -0.4 is 18.6 Å². The van der Waals surface area contributed by atoms with Gasteiger partial charge >= 0.3 is 0 Å². The molecule has 6 rings (SSSR count). The summed E-state index contributed by atoms with van der Waals surface area (Å²) in [6.07, 6.45) is 25.0. The molecule has 0 aliphatic carbocycles.